The van der Waals surface area contributed by atoms with Crippen LogP contribution in [0.5, 0.6) is 5.75 Å². The van der Waals surface area contributed by atoms with Crippen LogP contribution in [0.3, 0.4) is 0 Å². The fourth-order valence-electron chi connectivity index (χ4n) is 1.53. The van der Waals surface area contributed by atoms with Crippen LogP contribution in [0.25, 0.3) is 0 Å². The molecule has 94 valence electrons. The number of rotatable bonds is 2. The van der Waals surface area contributed by atoms with E-state index in [9.17, 15) is 4.79 Å². The highest BCUT2D eigenvalue weighted by Crippen LogP contribution is 2.25. The Kier molecular flexibility index (Phi) is 4.38. The second kappa shape index (κ2) is 6.21. The number of halogens is 1. The zero-order valence-corrected chi connectivity index (χ0v) is 11.9. The number of carbonyl (C=O) groups excluding carboxylic acids is 1. The molecule has 0 aliphatic carbocycles. The summed E-state index contributed by atoms with van der Waals surface area (Å²) in [6.45, 7) is 0. The Balaban J connectivity index is 2.21. The van der Waals surface area contributed by atoms with Gasteiger partial charge in [0.2, 0.25) is 5.78 Å². The smallest absolute Gasteiger partial charge is 0.236 e. The zero-order chi connectivity index (χ0) is 13.7. The van der Waals surface area contributed by atoms with Crippen molar-refractivity contribution in [1.29, 1.82) is 0 Å². The average molecular weight is 315 g/mol. The van der Waals surface area contributed by atoms with Crippen molar-refractivity contribution in [2.45, 2.75) is 0 Å². The molecule has 0 N–H and O–H groups in total. The first-order valence-corrected chi connectivity index (χ1v) is 6.45. The Morgan fingerprint density at radius 3 is 2.53 bits per heavy atom. The molecule has 0 aromatic heterocycles. The van der Waals surface area contributed by atoms with Crippen molar-refractivity contribution in [2.24, 2.45) is 0 Å². The molecule has 0 unspecified atom stereocenters. The van der Waals surface area contributed by atoms with Crippen molar-refractivity contribution in [3.63, 3.8) is 0 Å². The largest absolute Gasteiger partial charge is 0.496 e. The van der Waals surface area contributed by atoms with Crippen LogP contribution in [0.4, 0.5) is 0 Å². The standard InChI is InChI=1S/C16H11BrO2/c1-19-16-10-8-12(11-14(16)17)7-9-15(18)13-5-3-2-4-6-13/h2-6,8,10-11H,1H3. The SMILES string of the molecule is COc1ccc(C#CC(=O)c2ccccc2)cc1Br. The van der Waals surface area contributed by atoms with Crippen molar-refractivity contribution in [2.75, 3.05) is 7.11 Å². The summed E-state index contributed by atoms with van der Waals surface area (Å²) < 4.78 is 5.95. The molecule has 2 rings (SSSR count). The fourth-order valence-corrected chi connectivity index (χ4v) is 2.08. The van der Waals surface area contributed by atoms with Gasteiger partial charge in [-0.1, -0.05) is 36.3 Å². The van der Waals surface area contributed by atoms with E-state index < -0.39 is 0 Å². The van der Waals surface area contributed by atoms with E-state index in [0.29, 0.717) is 5.56 Å². The molecule has 3 heteroatoms. The number of carbonyl (C=O) groups is 1. The van der Waals surface area contributed by atoms with Gasteiger partial charge in [0.25, 0.3) is 0 Å². The molecular weight excluding hydrogens is 304 g/mol. The van der Waals surface area contributed by atoms with Crippen molar-refractivity contribution < 1.29 is 9.53 Å². The van der Waals surface area contributed by atoms with Crippen LogP contribution >= 0.6 is 15.9 Å². The molecule has 0 amide bonds. The molecule has 0 spiro atoms. The third-order valence-electron chi connectivity index (χ3n) is 2.51. The van der Waals surface area contributed by atoms with Crippen LogP contribution < -0.4 is 4.74 Å². The van der Waals surface area contributed by atoms with Gasteiger partial charge < -0.3 is 4.74 Å². The predicted octanol–water partition coefficient (Wildman–Crippen LogP) is 3.69. The summed E-state index contributed by atoms with van der Waals surface area (Å²) in [5.74, 6) is 6.03. The van der Waals surface area contributed by atoms with E-state index in [1.165, 1.54) is 0 Å². The minimum absolute atomic E-state index is 0.187. The van der Waals surface area contributed by atoms with E-state index in [1.54, 1.807) is 25.3 Å². The minimum atomic E-state index is -0.187. The number of benzene rings is 2. The van der Waals surface area contributed by atoms with Gasteiger partial charge in [0.05, 0.1) is 11.6 Å². The highest BCUT2D eigenvalue weighted by atomic mass is 79.9. The number of Topliss-reactive ketones (excluding diaryl/α,β-unsaturated/α-hetero) is 1. The number of ether oxygens (including phenoxy) is 1. The van der Waals surface area contributed by atoms with Gasteiger partial charge >= 0.3 is 0 Å². The van der Waals surface area contributed by atoms with Gasteiger partial charge in [0, 0.05) is 11.1 Å². The predicted molar refractivity (Wildman–Crippen MR) is 78.3 cm³/mol. The maximum Gasteiger partial charge on any atom is 0.236 e. The lowest BCUT2D eigenvalue weighted by Crippen LogP contribution is -1.93. The van der Waals surface area contributed by atoms with E-state index in [1.807, 2.05) is 30.3 Å². The third-order valence-corrected chi connectivity index (χ3v) is 3.13. The van der Waals surface area contributed by atoms with E-state index in [0.717, 1.165) is 15.8 Å². The summed E-state index contributed by atoms with van der Waals surface area (Å²) >= 11 is 3.38. The highest BCUT2D eigenvalue weighted by molar-refractivity contribution is 9.10. The first kappa shape index (κ1) is 13.4. The molecule has 2 aromatic rings. The van der Waals surface area contributed by atoms with E-state index in [-0.39, 0.29) is 5.78 Å². The second-order valence-corrected chi connectivity index (χ2v) is 4.65. The molecule has 0 atom stereocenters. The summed E-state index contributed by atoms with van der Waals surface area (Å²) in [4.78, 5) is 11.8. The molecule has 0 bridgehead atoms. The van der Waals surface area contributed by atoms with Crippen LogP contribution in [0.2, 0.25) is 0 Å². The van der Waals surface area contributed by atoms with Crippen LogP contribution in [-0.2, 0) is 0 Å². The van der Waals surface area contributed by atoms with E-state index in [2.05, 4.69) is 27.8 Å². The zero-order valence-electron chi connectivity index (χ0n) is 10.3. The lowest BCUT2D eigenvalue weighted by atomic mass is 10.1. The maximum absolute atomic E-state index is 11.8. The number of ketones is 1. The molecule has 2 aromatic carbocycles. The Labute approximate surface area is 120 Å². The lowest BCUT2D eigenvalue weighted by Gasteiger charge is -2.02. The van der Waals surface area contributed by atoms with Crippen LogP contribution in [0.15, 0.2) is 53.0 Å². The quantitative estimate of drug-likeness (QED) is 0.624. The van der Waals surface area contributed by atoms with Crippen LogP contribution in [0, 0.1) is 11.8 Å². The van der Waals surface area contributed by atoms with E-state index >= 15 is 0 Å². The van der Waals surface area contributed by atoms with Crippen LogP contribution in [-0.4, -0.2) is 12.9 Å². The summed E-state index contributed by atoms with van der Waals surface area (Å²) in [7, 11) is 1.60. The monoisotopic (exact) mass is 314 g/mol. The van der Waals surface area contributed by atoms with Crippen molar-refractivity contribution in [1.82, 2.24) is 0 Å². The summed E-state index contributed by atoms with van der Waals surface area (Å²) in [6, 6.07) is 14.4. The molecule has 0 heterocycles. The Bertz CT molecular complexity index is 651. The first-order chi connectivity index (χ1) is 9.20. The Hall–Kier alpha value is -2.05. The molecule has 0 saturated carbocycles. The summed E-state index contributed by atoms with van der Waals surface area (Å²) in [6.07, 6.45) is 0. The van der Waals surface area contributed by atoms with Gasteiger partial charge in [-0.3, -0.25) is 4.79 Å². The van der Waals surface area contributed by atoms with Gasteiger partial charge in [-0.15, -0.1) is 0 Å². The number of hydrogen-bond acceptors (Lipinski definition) is 2. The summed E-state index contributed by atoms with van der Waals surface area (Å²) in [5.41, 5.74) is 1.36. The Morgan fingerprint density at radius 1 is 1.16 bits per heavy atom. The summed E-state index contributed by atoms with van der Waals surface area (Å²) in [5, 5.41) is 0. The molecule has 2 nitrogen and oxygen atoms in total. The van der Waals surface area contributed by atoms with Crippen LogP contribution in [0.1, 0.15) is 15.9 Å². The molecule has 0 fully saturated rings. The highest BCUT2D eigenvalue weighted by Gasteiger charge is 2.01. The van der Waals surface area contributed by atoms with Gasteiger partial charge in [-0.05, 0) is 40.0 Å². The van der Waals surface area contributed by atoms with Crippen molar-refractivity contribution in [3.05, 3.63) is 64.1 Å². The minimum Gasteiger partial charge on any atom is -0.496 e. The normalized spacial score (nSPS) is 9.37. The molecule has 19 heavy (non-hydrogen) atoms. The van der Waals surface area contributed by atoms with Gasteiger partial charge in [0.15, 0.2) is 0 Å². The van der Waals surface area contributed by atoms with E-state index in [4.69, 9.17) is 4.74 Å². The molecule has 0 saturated heterocycles. The number of hydrogen-bond donors (Lipinski definition) is 0. The Morgan fingerprint density at radius 2 is 1.89 bits per heavy atom. The molecule has 0 aliphatic rings. The first-order valence-electron chi connectivity index (χ1n) is 5.65. The average Bonchev–Trinajstić information content (AvgIpc) is 2.46. The second-order valence-electron chi connectivity index (χ2n) is 3.79. The topological polar surface area (TPSA) is 26.3 Å². The van der Waals surface area contributed by atoms with Crippen molar-refractivity contribution >= 4 is 21.7 Å². The van der Waals surface area contributed by atoms with Gasteiger partial charge in [-0.25, -0.2) is 0 Å². The maximum atomic E-state index is 11.8. The van der Waals surface area contributed by atoms with Gasteiger partial charge in [0.1, 0.15) is 5.75 Å². The molecule has 0 radical (unpaired) electrons. The lowest BCUT2D eigenvalue weighted by molar-refractivity contribution is 0.105. The fraction of sp³-hybridized carbons (Fsp3) is 0.0625. The van der Waals surface area contributed by atoms with Gasteiger partial charge in [-0.2, -0.15) is 0 Å². The third kappa shape index (κ3) is 3.46. The number of methoxy groups -OCH3 is 1. The van der Waals surface area contributed by atoms with Crippen molar-refractivity contribution in [3.8, 4) is 17.6 Å². The molecular formula is C16H11BrO2. The molecule has 0 aliphatic heterocycles.